The van der Waals surface area contributed by atoms with Crippen molar-refractivity contribution in [2.24, 2.45) is 0 Å². The molecule has 0 unspecified atom stereocenters. The number of amides is 2. The molecule has 0 saturated carbocycles. The Morgan fingerprint density at radius 1 is 1.39 bits per heavy atom. The van der Waals surface area contributed by atoms with E-state index in [-0.39, 0.29) is 18.3 Å². The summed E-state index contributed by atoms with van der Waals surface area (Å²) in [5, 5.41) is 4.24. The molecule has 8 heteroatoms. The Labute approximate surface area is 141 Å². The van der Waals surface area contributed by atoms with Crippen LogP contribution in [0.1, 0.15) is 5.69 Å². The molecule has 2 amide bonds. The number of aryl methyl sites for hydroxylation is 1. The number of para-hydroxylation sites is 2. The molecular weight excluding hydrogens is 336 g/mol. The third-order valence-electron chi connectivity index (χ3n) is 2.99. The molecule has 6 nitrogen and oxygen atoms in total. The number of carbonyl (C=O) groups is 2. The van der Waals surface area contributed by atoms with Crippen molar-refractivity contribution in [2.45, 2.75) is 17.4 Å². The van der Waals surface area contributed by atoms with Crippen LogP contribution in [-0.2, 0) is 9.59 Å². The van der Waals surface area contributed by atoms with Crippen LogP contribution >= 0.6 is 23.1 Å². The van der Waals surface area contributed by atoms with E-state index in [0.717, 1.165) is 10.0 Å². The zero-order valence-electron chi connectivity index (χ0n) is 12.3. The van der Waals surface area contributed by atoms with Gasteiger partial charge < -0.3 is 9.47 Å². The Morgan fingerprint density at radius 2 is 2.17 bits per heavy atom. The number of fused-ring (bicyclic) bond motifs is 1. The van der Waals surface area contributed by atoms with Crippen molar-refractivity contribution in [3.05, 3.63) is 35.3 Å². The van der Waals surface area contributed by atoms with Crippen LogP contribution in [0.4, 0.5) is 0 Å². The molecule has 2 aromatic rings. The Morgan fingerprint density at radius 3 is 2.91 bits per heavy atom. The predicted octanol–water partition coefficient (Wildman–Crippen LogP) is 2.03. The normalized spacial score (nSPS) is 16.0. The molecule has 1 aliphatic rings. The monoisotopic (exact) mass is 350 g/mol. The van der Waals surface area contributed by atoms with Crippen LogP contribution in [0.25, 0.3) is 0 Å². The van der Waals surface area contributed by atoms with Crippen LogP contribution in [-0.4, -0.2) is 35.3 Å². The van der Waals surface area contributed by atoms with Crippen molar-refractivity contribution in [1.29, 1.82) is 0 Å². The van der Waals surface area contributed by atoms with Crippen LogP contribution in [0.15, 0.2) is 34.0 Å². The molecule has 3 rings (SSSR count). The molecule has 1 aromatic carbocycles. The zero-order chi connectivity index (χ0) is 16.2. The van der Waals surface area contributed by atoms with E-state index < -0.39 is 12.0 Å². The minimum Gasteiger partial charge on any atom is -0.485 e. The molecule has 120 valence electrons. The highest BCUT2D eigenvalue weighted by molar-refractivity contribution is 8.01. The van der Waals surface area contributed by atoms with Crippen LogP contribution in [0.2, 0.25) is 0 Å². The number of thioether (sulfide) groups is 1. The Bertz CT molecular complexity index is 732. The molecule has 1 aromatic heterocycles. The summed E-state index contributed by atoms with van der Waals surface area (Å²) in [6, 6.07) is 7.10. The van der Waals surface area contributed by atoms with E-state index in [4.69, 9.17) is 9.47 Å². The van der Waals surface area contributed by atoms with Gasteiger partial charge in [-0.25, -0.2) is 4.98 Å². The summed E-state index contributed by atoms with van der Waals surface area (Å²) < 4.78 is 11.8. The lowest BCUT2D eigenvalue weighted by molar-refractivity contribution is -0.135. The Balaban J connectivity index is 1.50. The van der Waals surface area contributed by atoms with E-state index in [0.29, 0.717) is 11.5 Å². The molecular formula is C15H14N2O4S2. The van der Waals surface area contributed by atoms with E-state index in [2.05, 4.69) is 10.3 Å². The number of hydrogen-bond donors (Lipinski definition) is 1. The van der Waals surface area contributed by atoms with Crippen molar-refractivity contribution in [2.75, 3.05) is 12.4 Å². The molecule has 0 radical (unpaired) electrons. The van der Waals surface area contributed by atoms with Gasteiger partial charge in [-0.2, -0.15) is 0 Å². The molecule has 2 heterocycles. The van der Waals surface area contributed by atoms with Gasteiger partial charge in [0.05, 0.1) is 5.75 Å². The molecule has 0 aliphatic carbocycles. The minimum absolute atomic E-state index is 0.0783. The highest BCUT2D eigenvalue weighted by atomic mass is 32.2. The largest absolute Gasteiger partial charge is 0.485 e. The van der Waals surface area contributed by atoms with Crippen molar-refractivity contribution < 1.29 is 19.1 Å². The van der Waals surface area contributed by atoms with Crippen LogP contribution in [0, 0.1) is 6.92 Å². The Kier molecular flexibility index (Phi) is 4.82. The lowest BCUT2D eigenvalue weighted by atomic mass is 10.2. The lowest BCUT2D eigenvalue weighted by Crippen LogP contribution is -2.46. The van der Waals surface area contributed by atoms with E-state index in [1.807, 2.05) is 18.4 Å². The molecule has 0 fully saturated rings. The topological polar surface area (TPSA) is 77.5 Å². The first kappa shape index (κ1) is 15.8. The van der Waals surface area contributed by atoms with Gasteiger partial charge in [0, 0.05) is 11.1 Å². The maximum Gasteiger partial charge on any atom is 0.271 e. The summed E-state index contributed by atoms with van der Waals surface area (Å²) in [5.41, 5.74) is 0.917. The van der Waals surface area contributed by atoms with Crippen LogP contribution in [0.5, 0.6) is 11.5 Å². The summed E-state index contributed by atoms with van der Waals surface area (Å²) >= 11 is 2.77. The summed E-state index contributed by atoms with van der Waals surface area (Å²) in [6.45, 7) is 1.97. The minimum atomic E-state index is -0.832. The number of rotatable bonds is 4. The highest BCUT2D eigenvalue weighted by Gasteiger charge is 2.28. The molecule has 1 aliphatic heterocycles. The zero-order valence-corrected chi connectivity index (χ0v) is 13.9. The Hall–Kier alpha value is -2.06. The standard InChI is InChI=1S/C15H14N2O4S2/c1-9-7-22-15(16-9)23-8-13(18)17-14(19)12-6-20-10-4-2-3-5-11(10)21-12/h2-5,7,12H,6,8H2,1H3,(H,17,18,19)/t12-/m0/s1. The SMILES string of the molecule is Cc1csc(SCC(=O)NC(=O)[C@@H]2COc3ccccc3O2)n1. The van der Waals surface area contributed by atoms with Crippen molar-refractivity contribution in [3.63, 3.8) is 0 Å². The van der Waals surface area contributed by atoms with Crippen molar-refractivity contribution in [3.8, 4) is 11.5 Å². The summed E-state index contributed by atoms with van der Waals surface area (Å²) in [5.74, 6) is 0.343. The first-order valence-electron chi connectivity index (χ1n) is 6.89. The van der Waals surface area contributed by atoms with E-state index >= 15 is 0 Å². The average molecular weight is 350 g/mol. The number of nitrogens with one attached hydrogen (secondary N) is 1. The smallest absolute Gasteiger partial charge is 0.271 e. The number of benzene rings is 1. The number of thiazole rings is 1. The van der Waals surface area contributed by atoms with E-state index in [1.54, 1.807) is 18.2 Å². The van der Waals surface area contributed by atoms with Gasteiger partial charge in [-0.1, -0.05) is 23.9 Å². The maximum atomic E-state index is 12.1. The van der Waals surface area contributed by atoms with E-state index in [1.165, 1.54) is 23.1 Å². The van der Waals surface area contributed by atoms with Gasteiger partial charge in [0.1, 0.15) is 6.61 Å². The molecule has 0 spiro atoms. The lowest BCUT2D eigenvalue weighted by Gasteiger charge is -2.25. The summed E-state index contributed by atoms with van der Waals surface area (Å²) in [4.78, 5) is 28.2. The number of carbonyl (C=O) groups excluding carboxylic acids is 2. The maximum absolute atomic E-state index is 12.1. The summed E-state index contributed by atoms with van der Waals surface area (Å²) in [7, 11) is 0. The molecule has 1 atom stereocenters. The second kappa shape index (κ2) is 7.01. The van der Waals surface area contributed by atoms with Crippen LogP contribution in [0.3, 0.4) is 0 Å². The van der Waals surface area contributed by atoms with Crippen molar-refractivity contribution in [1.82, 2.24) is 10.3 Å². The van der Waals surface area contributed by atoms with Gasteiger partial charge in [0.25, 0.3) is 5.91 Å². The number of aromatic nitrogens is 1. The van der Waals surface area contributed by atoms with Gasteiger partial charge in [0.2, 0.25) is 12.0 Å². The van der Waals surface area contributed by atoms with E-state index in [9.17, 15) is 9.59 Å². The third-order valence-corrected chi connectivity index (χ3v) is 5.13. The fourth-order valence-electron chi connectivity index (χ4n) is 1.93. The van der Waals surface area contributed by atoms with Gasteiger partial charge in [-0.3, -0.25) is 14.9 Å². The highest BCUT2D eigenvalue weighted by Crippen LogP contribution is 2.30. The predicted molar refractivity (Wildman–Crippen MR) is 87.1 cm³/mol. The number of ether oxygens (including phenoxy) is 2. The summed E-state index contributed by atoms with van der Waals surface area (Å²) in [6.07, 6.45) is -0.832. The van der Waals surface area contributed by atoms with Gasteiger partial charge in [0.15, 0.2) is 15.8 Å². The molecule has 0 bridgehead atoms. The third kappa shape index (κ3) is 4.02. The van der Waals surface area contributed by atoms with Gasteiger partial charge >= 0.3 is 0 Å². The fourth-order valence-corrected chi connectivity index (χ4v) is 3.58. The molecule has 1 N–H and O–H groups in total. The molecule has 0 saturated heterocycles. The second-order valence-electron chi connectivity index (χ2n) is 4.82. The van der Waals surface area contributed by atoms with Crippen molar-refractivity contribution >= 4 is 34.9 Å². The number of imide groups is 1. The first-order valence-corrected chi connectivity index (χ1v) is 8.75. The second-order valence-corrected chi connectivity index (χ2v) is 6.90. The van der Waals surface area contributed by atoms with Crippen LogP contribution < -0.4 is 14.8 Å². The fraction of sp³-hybridized carbons (Fsp3) is 0.267. The first-order chi connectivity index (χ1) is 11.1. The quantitative estimate of drug-likeness (QED) is 0.850. The average Bonchev–Trinajstić information content (AvgIpc) is 2.98. The molecule has 23 heavy (non-hydrogen) atoms. The number of hydrogen-bond acceptors (Lipinski definition) is 7. The van der Waals surface area contributed by atoms with Gasteiger partial charge in [-0.15, -0.1) is 11.3 Å². The number of nitrogens with zero attached hydrogens (tertiary/aromatic N) is 1. The van der Waals surface area contributed by atoms with Gasteiger partial charge in [-0.05, 0) is 19.1 Å².